The Bertz CT molecular complexity index is 561. The predicted octanol–water partition coefficient (Wildman–Crippen LogP) is -0.396. The molecule has 1 aliphatic heterocycles. The SMILES string of the molecule is CCCn1cc(S(=O)(=O)NCC2(O)CCNC2)nc1C. The van der Waals surface area contributed by atoms with Crippen LogP contribution in [-0.2, 0) is 16.6 Å². The predicted molar refractivity (Wildman–Crippen MR) is 74.9 cm³/mol. The molecule has 0 spiro atoms. The molecule has 1 fully saturated rings. The largest absolute Gasteiger partial charge is 0.387 e. The molecule has 0 saturated carbocycles. The van der Waals surface area contributed by atoms with E-state index in [1.54, 1.807) is 6.92 Å². The van der Waals surface area contributed by atoms with Crippen molar-refractivity contribution in [2.45, 2.75) is 43.9 Å². The molecule has 1 saturated heterocycles. The number of aromatic nitrogens is 2. The van der Waals surface area contributed by atoms with Crippen molar-refractivity contribution in [2.24, 2.45) is 0 Å². The number of hydrogen-bond donors (Lipinski definition) is 3. The number of aryl methyl sites for hydroxylation is 2. The molecule has 0 aromatic carbocycles. The monoisotopic (exact) mass is 302 g/mol. The molecule has 2 heterocycles. The lowest BCUT2D eigenvalue weighted by molar-refractivity contribution is 0.0667. The van der Waals surface area contributed by atoms with Crippen molar-refractivity contribution < 1.29 is 13.5 Å². The van der Waals surface area contributed by atoms with E-state index < -0.39 is 15.6 Å². The van der Waals surface area contributed by atoms with Gasteiger partial charge in [-0.2, -0.15) is 0 Å². The van der Waals surface area contributed by atoms with Gasteiger partial charge in [-0.15, -0.1) is 0 Å². The number of β-amino-alcohol motifs (C(OH)–C–C–N with tert-alkyl or cyclic N) is 1. The van der Waals surface area contributed by atoms with Gasteiger partial charge in [0.15, 0.2) is 5.03 Å². The van der Waals surface area contributed by atoms with E-state index in [2.05, 4.69) is 15.0 Å². The average molecular weight is 302 g/mol. The molecule has 114 valence electrons. The number of nitrogens with zero attached hydrogens (tertiary/aromatic N) is 2. The van der Waals surface area contributed by atoms with Crippen LogP contribution in [0, 0.1) is 6.92 Å². The zero-order chi connectivity index (χ0) is 14.8. The first kappa shape index (κ1) is 15.4. The minimum absolute atomic E-state index is 0.00200. The third-order valence-electron chi connectivity index (χ3n) is 3.51. The Morgan fingerprint density at radius 2 is 2.35 bits per heavy atom. The van der Waals surface area contributed by atoms with Crippen molar-refractivity contribution in [3.8, 4) is 0 Å². The molecule has 0 amide bonds. The zero-order valence-corrected chi connectivity index (χ0v) is 12.7. The van der Waals surface area contributed by atoms with E-state index in [0.29, 0.717) is 25.3 Å². The van der Waals surface area contributed by atoms with E-state index in [0.717, 1.165) is 13.0 Å². The fourth-order valence-corrected chi connectivity index (χ4v) is 3.39. The number of rotatable bonds is 6. The second-order valence-electron chi connectivity index (χ2n) is 5.30. The number of imidazole rings is 1. The molecule has 1 atom stereocenters. The summed E-state index contributed by atoms with van der Waals surface area (Å²) in [5.74, 6) is 0.675. The summed E-state index contributed by atoms with van der Waals surface area (Å²) in [5, 5.41) is 13.2. The van der Waals surface area contributed by atoms with E-state index in [4.69, 9.17) is 0 Å². The minimum atomic E-state index is -3.68. The lowest BCUT2D eigenvalue weighted by Crippen LogP contribution is -2.44. The number of hydrogen-bond acceptors (Lipinski definition) is 5. The van der Waals surface area contributed by atoms with Crippen LogP contribution in [0.4, 0.5) is 0 Å². The Labute approximate surface area is 119 Å². The second kappa shape index (κ2) is 5.80. The first-order valence-corrected chi connectivity index (χ1v) is 8.31. The minimum Gasteiger partial charge on any atom is -0.387 e. The lowest BCUT2D eigenvalue weighted by atomic mass is 10.1. The highest BCUT2D eigenvalue weighted by atomic mass is 32.2. The second-order valence-corrected chi connectivity index (χ2v) is 7.01. The van der Waals surface area contributed by atoms with Gasteiger partial charge in [-0.05, 0) is 26.3 Å². The third kappa shape index (κ3) is 3.38. The maximum atomic E-state index is 12.2. The van der Waals surface area contributed by atoms with Gasteiger partial charge in [-0.1, -0.05) is 6.92 Å². The Kier molecular flexibility index (Phi) is 4.48. The number of sulfonamides is 1. The van der Waals surface area contributed by atoms with Crippen molar-refractivity contribution in [1.29, 1.82) is 0 Å². The molecule has 2 rings (SSSR count). The van der Waals surface area contributed by atoms with Gasteiger partial charge in [0.05, 0.1) is 5.60 Å². The van der Waals surface area contributed by atoms with Crippen LogP contribution in [-0.4, -0.2) is 48.3 Å². The Morgan fingerprint density at radius 3 is 2.95 bits per heavy atom. The number of nitrogens with one attached hydrogen (secondary N) is 2. The van der Waals surface area contributed by atoms with Crippen LogP contribution >= 0.6 is 0 Å². The lowest BCUT2D eigenvalue weighted by Gasteiger charge is -2.20. The zero-order valence-electron chi connectivity index (χ0n) is 11.9. The highest BCUT2D eigenvalue weighted by Gasteiger charge is 2.33. The Morgan fingerprint density at radius 1 is 1.60 bits per heavy atom. The quantitative estimate of drug-likeness (QED) is 0.665. The normalized spacial score (nSPS) is 23.4. The molecule has 0 radical (unpaired) electrons. The maximum Gasteiger partial charge on any atom is 0.259 e. The summed E-state index contributed by atoms with van der Waals surface area (Å²) >= 11 is 0. The molecule has 3 N–H and O–H groups in total. The summed E-state index contributed by atoms with van der Waals surface area (Å²) in [6, 6.07) is 0. The van der Waals surface area contributed by atoms with Crippen LogP contribution in [0.15, 0.2) is 11.2 Å². The topological polar surface area (TPSA) is 96.2 Å². The summed E-state index contributed by atoms with van der Waals surface area (Å²) in [5.41, 5.74) is -1.01. The average Bonchev–Trinajstić information content (AvgIpc) is 2.97. The van der Waals surface area contributed by atoms with Gasteiger partial charge in [-0.25, -0.2) is 18.1 Å². The number of aliphatic hydroxyl groups is 1. The molecule has 0 bridgehead atoms. The summed E-state index contributed by atoms with van der Waals surface area (Å²) in [6.07, 6.45) is 2.99. The van der Waals surface area contributed by atoms with Crippen LogP contribution in [0.5, 0.6) is 0 Å². The van der Waals surface area contributed by atoms with Crippen molar-refractivity contribution in [1.82, 2.24) is 19.6 Å². The van der Waals surface area contributed by atoms with Crippen LogP contribution in [0.3, 0.4) is 0 Å². The van der Waals surface area contributed by atoms with Crippen LogP contribution < -0.4 is 10.0 Å². The highest BCUT2D eigenvalue weighted by Crippen LogP contribution is 2.15. The van der Waals surface area contributed by atoms with Crippen molar-refractivity contribution in [2.75, 3.05) is 19.6 Å². The first-order valence-electron chi connectivity index (χ1n) is 6.83. The maximum absolute atomic E-state index is 12.2. The highest BCUT2D eigenvalue weighted by molar-refractivity contribution is 7.89. The summed E-state index contributed by atoms with van der Waals surface area (Å²) in [4.78, 5) is 4.08. The molecule has 1 unspecified atom stereocenters. The first-order chi connectivity index (χ1) is 9.36. The fourth-order valence-electron chi connectivity index (χ4n) is 2.26. The van der Waals surface area contributed by atoms with E-state index in [-0.39, 0.29) is 11.6 Å². The van der Waals surface area contributed by atoms with E-state index in [1.165, 1.54) is 6.20 Å². The molecule has 1 aliphatic rings. The molecule has 0 aliphatic carbocycles. The molecule has 1 aromatic heterocycles. The standard InChI is InChI=1S/C12H22N4O3S/c1-3-6-16-7-11(15-10(16)2)20(18,19)14-9-12(17)4-5-13-8-12/h7,13-14,17H,3-6,8-9H2,1-2H3. The Hall–Kier alpha value is -0.960. The van der Waals surface area contributed by atoms with E-state index in [1.807, 2.05) is 11.5 Å². The molecule has 20 heavy (non-hydrogen) atoms. The van der Waals surface area contributed by atoms with Gasteiger partial charge in [0.2, 0.25) is 0 Å². The van der Waals surface area contributed by atoms with Gasteiger partial charge in [0.25, 0.3) is 10.0 Å². The molecule has 8 heteroatoms. The molecule has 7 nitrogen and oxygen atoms in total. The van der Waals surface area contributed by atoms with Crippen molar-refractivity contribution in [3.63, 3.8) is 0 Å². The van der Waals surface area contributed by atoms with Crippen LogP contribution in [0.2, 0.25) is 0 Å². The van der Waals surface area contributed by atoms with E-state index >= 15 is 0 Å². The van der Waals surface area contributed by atoms with Crippen LogP contribution in [0.1, 0.15) is 25.6 Å². The molecule has 1 aromatic rings. The molecular weight excluding hydrogens is 280 g/mol. The molecular formula is C12H22N4O3S. The van der Waals surface area contributed by atoms with Gasteiger partial charge >= 0.3 is 0 Å². The van der Waals surface area contributed by atoms with Gasteiger partial charge in [0.1, 0.15) is 5.82 Å². The van der Waals surface area contributed by atoms with Crippen molar-refractivity contribution >= 4 is 10.0 Å². The fraction of sp³-hybridized carbons (Fsp3) is 0.750. The Balaban J connectivity index is 2.08. The van der Waals surface area contributed by atoms with E-state index in [9.17, 15) is 13.5 Å². The smallest absolute Gasteiger partial charge is 0.259 e. The van der Waals surface area contributed by atoms with Gasteiger partial charge < -0.3 is 15.0 Å². The summed E-state index contributed by atoms with van der Waals surface area (Å²) in [6.45, 7) is 5.64. The summed E-state index contributed by atoms with van der Waals surface area (Å²) in [7, 11) is -3.68. The third-order valence-corrected chi connectivity index (χ3v) is 4.78. The van der Waals surface area contributed by atoms with Crippen LogP contribution in [0.25, 0.3) is 0 Å². The van der Waals surface area contributed by atoms with Gasteiger partial charge in [-0.3, -0.25) is 0 Å². The summed E-state index contributed by atoms with van der Waals surface area (Å²) < 4.78 is 28.6. The van der Waals surface area contributed by atoms with Crippen molar-refractivity contribution in [3.05, 3.63) is 12.0 Å². The van der Waals surface area contributed by atoms with Gasteiger partial charge in [0, 0.05) is 25.8 Å².